The van der Waals surface area contributed by atoms with Crippen LogP contribution in [0.1, 0.15) is 48.4 Å². The molecule has 188 valence electrons. The molecule has 2 atom stereocenters. The van der Waals surface area contributed by atoms with Crippen LogP contribution in [0.15, 0.2) is 89.9 Å². The highest BCUT2D eigenvalue weighted by Crippen LogP contribution is 2.25. The number of nitrogens with zero attached hydrogens (tertiary/aromatic N) is 1. The first-order valence-electron chi connectivity index (χ1n) is 11.9. The third-order valence-electron chi connectivity index (χ3n) is 5.86. The number of carbonyl (C=O) groups is 2. The minimum Gasteiger partial charge on any atom is -0.508 e. The zero-order valence-corrected chi connectivity index (χ0v) is 20.3. The molecule has 8 nitrogen and oxygen atoms in total. The third kappa shape index (κ3) is 7.59. The molecule has 0 spiro atoms. The van der Waals surface area contributed by atoms with Gasteiger partial charge >= 0.3 is 0 Å². The zero-order chi connectivity index (χ0) is 25.9. The zero-order valence-electron chi connectivity index (χ0n) is 20.3. The molecule has 0 aliphatic heterocycles. The second-order valence-electron chi connectivity index (χ2n) is 8.59. The number of phenols is 1. The van der Waals surface area contributed by atoms with Crippen LogP contribution in [0.3, 0.4) is 0 Å². The van der Waals surface area contributed by atoms with Gasteiger partial charge < -0.3 is 27.2 Å². The molecule has 0 saturated heterocycles. The van der Waals surface area contributed by atoms with Gasteiger partial charge in [0.25, 0.3) is 0 Å². The number of amides is 2. The highest BCUT2D eigenvalue weighted by atomic mass is 16.3. The monoisotopic (exact) mass is 487 g/mol. The summed E-state index contributed by atoms with van der Waals surface area (Å²) >= 11 is 0. The van der Waals surface area contributed by atoms with Gasteiger partial charge in [0.05, 0.1) is 12.0 Å². The van der Waals surface area contributed by atoms with Gasteiger partial charge in [0.1, 0.15) is 11.8 Å². The van der Waals surface area contributed by atoms with E-state index < -0.39 is 12.0 Å². The summed E-state index contributed by atoms with van der Waals surface area (Å²) in [7, 11) is 0. The Hall–Kier alpha value is -4.33. The maximum atomic E-state index is 13.6. The second-order valence-corrected chi connectivity index (χ2v) is 8.59. The number of benzene rings is 3. The van der Waals surface area contributed by atoms with Crippen LogP contribution in [0.25, 0.3) is 0 Å². The van der Waals surface area contributed by atoms with Crippen molar-refractivity contribution in [2.45, 2.75) is 37.8 Å². The first-order valence-corrected chi connectivity index (χ1v) is 11.9. The normalized spacial score (nSPS) is 12.4. The fraction of sp³-hybridized carbons (Fsp3) is 0.250. The van der Waals surface area contributed by atoms with E-state index in [0.717, 1.165) is 16.7 Å². The van der Waals surface area contributed by atoms with Crippen molar-refractivity contribution in [1.29, 1.82) is 0 Å². The maximum Gasteiger partial charge on any atom is 0.243 e. The molecule has 3 rings (SSSR count). The number of aromatic hydroxyl groups is 1. The van der Waals surface area contributed by atoms with Crippen molar-refractivity contribution >= 4 is 17.8 Å². The highest BCUT2D eigenvalue weighted by molar-refractivity contribution is 5.92. The molecule has 1 unspecified atom stereocenters. The van der Waals surface area contributed by atoms with Crippen molar-refractivity contribution in [3.63, 3.8) is 0 Å². The summed E-state index contributed by atoms with van der Waals surface area (Å²) in [5.41, 5.74) is 13.3. The van der Waals surface area contributed by atoms with Crippen LogP contribution in [-0.2, 0) is 9.59 Å². The molecule has 0 heterocycles. The average Bonchev–Trinajstić information content (AvgIpc) is 2.87. The molecule has 36 heavy (non-hydrogen) atoms. The maximum absolute atomic E-state index is 13.6. The van der Waals surface area contributed by atoms with E-state index in [4.69, 9.17) is 11.5 Å². The number of hydrogen-bond donors (Lipinski definition) is 5. The third-order valence-corrected chi connectivity index (χ3v) is 5.86. The number of rotatable bonds is 11. The molecule has 0 aliphatic carbocycles. The van der Waals surface area contributed by atoms with Crippen molar-refractivity contribution in [3.05, 3.63) is 102 Å². The lowest BCUT2D eigenvalue weighted by atomic mass is 9.90. The number of carbonyl (C=O) groups excluding carboxylic acids is 2. The molecule has 0 bridgehead atoms. The first-order chi connectivity index (χ1) is 17.3. The Balaban J connectivity index is 1.80. The van der Waals surface area contributed by atoms with E-state index in [1.165, 1.54) is 0 Å². The number of nitrogens with one attached hydrogen (secondary N) is 2. The molecule has 0 saturated carbocycles. The van der Waals surface area contributed by atoms with Crippen LogP contribution < -0.4 is 22.1 Å². The predicted molar refractivity (Wildman–Crippen MR) is 141 cm³/mol. The number of hydrogen-bond acceptors (Lipinski definition) is 4. The molecule has 3 aromatic carbocycles. The Morgan fingerprint density at radius 2 is 1.36 bits per heavy atom. The van der Waals surface area contributed by atoms with Crippen LogP contribution in [0.2, 0.25) is 0 Å². The fourth-order valence-electron chi connectivity index (χ4n) is 3.97. The van der Waals surface area contributed by atoms with E-state index in [-0.39, 0.29) is 29.6 Å². The van der Waals surface area contributed by atoms with E-state index in [2.05, 4.69) is 15.6 Å². The van der Waals surface area contributed by atoms with Crippen LogP contribution in [0, 0.1) is 0 Å². The summed E-state index contributed by atoms with van der Waals surface area (Å²) < 4.78 is 0. The number of guanidine groups is 1. The second kappa shape index (κ2) is 12.9. The minimum absolute atomic E-state index is 0.0193. The summed E-state index contributed by atoms with van der Waals surface area (Å²) in [6.07, 6.45) is 0.859. The van der Waals surface area contributed by atoms with Gasteiger partial charge in [-0.25, -0.2) is 0 Å². The van der Waals surface area contributed by atoms with Crippen molar-refractivity contribution in [3.8, 4) is 5.75 Å². The van der Waals surface area contributed by atoms with Crippen LogP contribution in [-0.4, -0.2) is 35.5 Å². The van der Waals surface area contributed by atoms with Gasteiger partial charge in [0.2, 0.25) is 11.8 Å². The summed E-state index contributed by atoms with van der Waals surface area (Å²) in [6, 6.07) is 24.4. The van der Waals surface area contributed by atoms with E-state index in [1.54, 1.807) is 24.3 Å². The van der Waals surface area contributed by atoms with Gasteiger partial charge in [-0.2, -0.15) is 0 Å². The summed E-state index contributed by atoms with van der Waals surface area (Å²) in [5, 5.41) is 15.5. The van der Waals surface area contributed by atoms with Crippen LogP contribution in [0.5, 0.6) is 5.75 Å². The van der Waals surface area contributed by atoms with Gasteiger partial charge in [-0.3, -0.25) is 14.6 Å². The Morgan fingerprint density at radius 3 is 1.89 bits per heavy atom. The van der Waals surface area contributed by atoms with E-state index in [1.807, 2.05) is 67.6 Å². The van der Waals surface area contributed by atoms with Crippen molar-refractivity contribution in [1.82, 2.24) is 10.6 Å². The van der Waals surface area contributed by atoms with Gasteiger partial charge in [0.15, 0.2) is 5.96 Å². The lowest BCUT2D eigenvalue weighted by Gasteiger charge is -2.24. The summed E-state index contributed by atoms with van der Waals surface area (Å²) in [5.74, 6) is -1.03. The summed E-state index contributed by atoms with van der Waals surface area (Å²) in [6.45, 7) is 2.19. The molecule has 0 aromatic heterocycles. The lowest BCUT2D eigenvalue weighted by Crippen LogP contribution is -2.48. The lowest BCUT2D eigenvalue weighted by molar-refractivity contribution is -0.129. The summed E-state index contributed by atoms with van der Waals surface area (Å²) in [4.78, 5) is 30.9. The van der Waals surface area contributed by atoms with Gasteiger partial charge in [-0.05, 0) is 48.6 Å². The largest absolute Gasteiger partial charge is 0.508 e. The number of phenolic OH excluding ortho intramolecular Hbond substituents is 1. The van der Waals surface area contributed by atoms with Gasteiger partial charge in [-0.15, -0.1) is 0 Å². The van der Waals surface area contributed by atoms with Gasteiger partial charge in [-0.1, -0.05) is 72.8 Å². The topological polar surface area (TPSA) is 143 Å². The quantitative estimate of drug-likeness (QED) is 0.161. The molecule has 0 aliphatic rings. The molecule has 0 fully saturated rings. The molecule has 3 aromatic rings. The first kappa shape index (κ1) is 26.3. The number of aliphatic imine (C=N–C) groups is 1. The molecule has 2 amide bonds. The standard InChI is InChI=1S/C28H33N5O3/c1-19(20-14-16-23(34)17-15-20)32-26(35)24(13-8-18-31-28(29)30)33-27(36)25(21-9-4-2-5-10-21)22-11-6-3-7-12-22/h2-7,9-12,14-17,19,24-25,34H,8,13,18H2,1H3,(H,32,35)(H,33,36)(H4,29,30,31)/t19?,24-/m1/s1. The number of nitrogens with two attached hydrogens (primary N) is 2. The van der Waals surface area contributed by atoms with E-state index in [0.29, 0.717) is 19.4 Å². The van der Waals surface area contributed by atoms with Gasteiger partial charge in [0, 0.05) is 6.54 Å². The Morgan fingerprint density at radius 1 is 0.806 bits per heavy atom. The molecular formula is C28H33N5O3. The van der Waals surface area contributed by atoms with Crippen molar-refractivity contribution < 1.29 is 14.7 Å². The van der Waals surface area contributed by atoms with Crippen molar-refractivity contribution in [2.24, 2.45) is 16.5 Å². The van der Waals surface area contributed by atoms with Crippen LogP contribution >= 0.6 is 0 Å². The van der Waals surface area contributed by atoms with E-state index in [9.17, 15) is 14.7 Å². The molecule has 8 heteroatoms. The molecule has 0 radical (unpaired) electrons. The molecular weight excluding hydrogens is 454 g/mol. The predicted octanol–water partition coefficient (Wildman–Crippen LogP) is 2.94. The Labute approximate surface area is 211 Å². The smallest absolute Gasteiger partial charge is 0.243 e. The van der Waals surface area contributed by atoms with E-state index >= 15 is 0 Å². The van der Waals surface area contributed by atoms with Crippen LogP contribution in [0.4, 0.5) is 0 Å². The Kier molecular flexibility index (Phi) is 9.45. The minimum atomic E-state index is -0.791. The fourth-order valence-corrected chi connectivity index (χ4v) is 3.97. The molecule has 7 N–H and O–H groups in total. The average molecular weight is 488 g/mol. The van der Waals surface area contributed by atoms with Crippen molar-refractivity contribution in [2.75, 3.05) is 6.54 Å². The highest BCUT2D eigenvalue weighted by Gasteiger charge is 2.28. The SMILES string of the molecule is CC(NC(=O)[C@@H](CCCN=C(N)N)NC(=O)C(c1ccccc1)c1ccccc1)c1ccc(O)cc1. The Bertz CT molecular complexity index is 1110.